The molecule has 0 saturated carbocycles. The Labute approximate surface area is 182 Å². The van der Waals surface area contributed by atoms with Crippen molar-refractivity contribution in [3.63, 3.8) is 0 Å². The molecule has 0 radical (unpaired) electrons. The molecule has 31 heavy (non-hydrogen) atoms. The summed E-state index contributed by atoms with van der Waals surface area (Å²) in [5.74, 6) is -0.189. The van der Waals surface area contributed by atoms with Gasteiger partial charge in [-0.2, -0.15) is 0 Å². The first kappa shape index (κ1) is 21.5. The van der Waals surface area contributed by atoms with E-state index in [9.17, 15) is 14.7 Å². The molecule has 0 bridgehead atoms. The molecule has 1 saturated heterocycles. The Morgan fingerprint density at radius 1 is 1.13 bits per heavy atom. The normalized spacial score (nSPS) is 19.4. The number of aromatic nitrogens is 1. The fourth-order valence-electron chi connectivity index (χ4n) is 4.27. The molecule has 1 fully saturated rings. The van der Waals surface area contributed by atoms with Crippen LogP contribution in [0.15, 0.2) is 42.6 Å². The Balaban J connectivity index is 1.25. The number of likely N-dealkylation sites (tertiary alicyclic amines) is 1. The summed E-state index contributed by atoms with van der Waals surface area (Å²) in [4.78, 5) is 31.0. The summed E-state index contributed by atoms with van der Waals surface area (Å²) in [5.41, 5.74) is 3.57. The average Bonchev–Trinajstić information content (AvgIpc) is 2.83. The van der Waals surface area contributed by atoms with Crippen molar-refractivity contribution in [2.45, 2.75) is 50.8 Å². The number of pyridine rings is 1. The van der Waals surface area contributed by atoms with Gasteiger partial charge in [-0.15, -0.1) is 0 Å². The molecule has 1 aromatic carbocycles. The number of amides is 2. The minimum atomic E-state index is -0.688. The van der Waals surface area contributed by atoms with Gasteiger partial charge < -0.3 is 20.6 Å². The van der Waals surface area contributed by atoms with Crippen molar-refractivity contribution in [2.75, 3.05) is 19.6 Å². The summed E-state index contributed by atoms with van der Waals surface area (Å²) >= 11 is 0. The van der Waals surface area contributed by atoms with Crippen LogP contribution in [0.2, 0.25) is 0 Å². The van der Waals surface area contributed by atoms with E-state index >= 15 is 0 Å². The van der Waals surface area contributed by atoms with Gasteiger partial charge in [0.15, 0.2) is 0 Å². The van der Waals surface area contributed by atoms with Gasteiger partial charge in [0.2, 0.25) is 5.91 Å². The molecule has 3 N–H and O–H groups in total. The number of hydrogen-bond donors (Lipinski definition) is 3. The molecule has 2 atom stereocenters. The molecule has 7 heteroatoms. The van der Waals surface area contributed by atoms with Crippen LogP contribution in [-0.2, 0) is 24.2 Å². The number of aliphatic hydroxyl groups excluding tert-OH is 1. The molecular formula is C24H30N4O3. The first-order valence-corrected chi connectivity index (χ1v) is 11.1. The summed E-state index contributed by atoms with van der Waals surface area (Å²) in [6.07, 6.45) is 5.11. The van der Waals surface area contributed by atoms with E-state index in [0.717, 1.165) is 32.4 Å². The Bertz CT molecular complexity index is 909. The Morgan fingerprint density at radius 2 is 1.90 bits per heavy atom. The van der Waals surface area contributed by atoms with Crippen molar-refractivity contribution < 1.29 is 14.7 Å². The number of hydrogen-bond acceptors (Lipinski definition) is 5. The maximum atomic E-state index is 12.5. The lowest BCUT2D eigenvalue weighted by molar-refractivity contribution is -0.131. The van der Waals surface area contributed by atoms with Crippen molar-refractivity contribution in [1.29, 1.82) is 0 Å². The van der Waals surface area contributed by atoms with Crippen molar-refractivity contribution in [2.24, 2.45) is 0 Å². The molecule has 2 aliphatic rings. The van der Waals surface area contributed by atoms with Gasteiger partial charge in [0.05, 0.1) is 18.1 Å². The minimum absolute atomic E-state index is 0.0917. The van der Waals surface area contributed by atoms with E-state index < -0.39 is 6.10 Å². The summed E-state index contributed by atoms with van der Waals surface area (Å²) in [6.45, 7) is 2.52. The molecule has 1 aromatic heterocycles. The molecule has 164 valence electrons. The second-order valence-electron chi connectivity index (χ2n) is 8.39. The molecule has 0 spiro atoms. The number of piperidine rings is 1. The van der Waals surface area contributed by atoms with Crippen molar-refractivity contribution in [3.05, 3.63) is 65.0 Å². The number of aliphatic hydroxyl groups is 1. The molecule has 2 amide bonds. The minimum Gasteiger partial charge on any atom is -0.390 e. The zero-order valence-electron chi connectivity index (χ0n) is 17.7. The van der Waals surface area contributed by atoms with Gasteiger partial charge in [-0.25, -0.2) is 0 Å². The fraction of sp³-hybridized carbons (Fsp3) is 0.458. The molecule has 4 rings (SSSR count). The standard InChI is InChI=1S/C24H30N4O3/c29-22(21-12-17-6-2-3-7-18(17)14-26-21)16-27-24(31)19-8-9-20(25-15-19)13-23(30)28-10-4-1-5-11-28/h2-3,6-9,15,21-22,26,29H,1,4-5,10-14,16H2,(H,27,31)/t21-,22?/m0/s1. The van der Waals surface area contributed by atoms with Crippen LogP contribution in [0.4, 0.5) is 0 Å². The summed E-state index contributed by atoms with van der Waals surface area (Å²) < 4.78 is 0. The van der Waals surface area contributed by atoms with E-state index in [4.69, 9.17) is 0 Å². The van der Waals surface area contributed by atoms with Crippen LogP contribution in [0.5, 0.6) is 0 Å². The second kappa shape index (κ2) is 10.0. The van der Waals surface area contributed by atoms with Gasteiger partial charge in [-0.05, 0) is 48.9 Å². The van der Waals surface area contributed by atoms with Gasteiger partial charge in [0, 0.05) is 44.1 Å². The van der Waals surface area contributed by atoms with E-state index in [1.54, 1.807) is 12.1 Å². The maximum absolute atomic E-state index is 12.5. The highest BCUT2D eigenvalue weighted by Gasteiger charge is 2.24. The molecule has 1 unspecified atom stereocenters. The van der Waals surface area contributed by atoms with Crippen LogP contribution >= 0.6 is 0 Å². The summed E-state index contributed by atoms with van der Waals surface area (Å²) in [7, 11) is 0. The average molecular weight is 423 g/mol. The van der Waals surface area contributed by atoms with Crippen molar-refractivity contribution in [3.8, 4) is 0 Å². The van der Waals surface area contributed by atoms with E-state index in [1.807, 2.05) is 17.0 Å². The third-order valence-electron chi connectivity index (χ3n) is 6.18. The molecule has 3 heterocycles. The van der Waals surface area contributed by atoms with Crippen LogP contribution in [0.1, 0.15) is 46.4 Å². The molecule has 2 aliphatic heterocycles. The SMILES string of the molecule is O=C(NCC(O)[C@@H]1Cc2ccccc2CN1)c1ccc(CC(=O)N2CCCCC2)nc1. The third kappa shape index (κ3) is 5.48. The van der Waals surface area contributed by atoms with Gasteiger partial charge in [0.1, 0.15) is 0 Å². The fourth-order valence-corrected chi connectivity index (χ4v) is 4.27. The Hall–Kier alpha value is -2.77. The van der Waals surface area contributed by atoms with E-state index in [1.165, 1.54) is 23.7 Å². The number of fused-ring (bicyclic) bond motifs is 1. The molecule has 7 nitrogen and oxygen atoms in total. The quantitative estimate of drug-likeness (QED) is 0.655. The Kier molecular flexibility index (Phi) is 6.94. The monoisotopic (exact) mass is 422 g/mol. The topological polar surface area (TPSA) is 94.6 Å². The summed E-state index contributed by atoms with van der Waals surface area (Å²) in [5, 5.41) is 16.7. The zero-order valence-corrected chi connectivity index (χ0v) is 17.7. The van der Waals surface area contributed by atoms with E-state index in [-0.39, 0.29) is 30.8 Å². The molecule has 2 aromatic rings. The third-order valence-corrected chi connectivity index (χ3v) is 6.18. The number of carbonyl (C=O) groups is 2. The van der Waals surface area contributed by atoms with Gasteiger partial charge >= 0.3 is 0 Å². The highest BCUT2D eigenvalue weighted by molar-refractivity contribution is 5.93. The van der Waals surface area contributed by atoms with Crippen LogP contribution < -0.4 is 10.6 Å². The maximum Gasteiger partial charge on any atom is 0.252 e. The lowest BCUT2D eigenvalue weighted by Crippen LogP contribution is -2.49. The van der Waals surface area contributed by atoms with Crippen LogP contribution in [0.3, 0.4) is 0 Å². The first-order chi connectivity index (χ1) is 15.1. The number of nitrogens with one attached hydrogen (secondary N) is 2. The lowest BCUT2D eigenvalue weighted by Gasteiger charge is -2.30. The highest BCUT2D eigenvalue weighted by Crippen LogP contribution is 2.18. The largest absolute Gasteiger partial charge is 0.390 e. The van der Waals surface area contributed by atoms with Crippen molar-refractivity contribution >= 4 is 11.8 Å². The van der Waals surface area contributed by atoms with Gasteiger partial charge in [0.25, 0.3) is 5.91 Å². The van der Waals surface area contributed by atoms with Crippen LogP contribution in [-0.4, -0.2) is 58.6 Å². The van der Waals surface area contributed by atoms with Crippen LogP contribution in [0.25, 0.3) is 0 Å². The second-order valence-corrected chi connectivity index (χ2v) is 8.39. The lowest BCUT2D eigenvalue weighted by atomic mass is 9.93. The molecular weight excluding hydrogens is 392 g/mol. The van der Waals surface area contributed by atoms with E-state index in [0.29, 0.717) is 17.8 Å². The Morgan fingerprint density at radius 3 is 2.65 bits per heavy atom. The van der Waals surface area contributed by atoms with Crippen molar-refractivity contribution in [1.82, 2.24) is 20.5 Å². The predicted molar refractivity (Wildman–Crippen MR) is 117 cm³/mol. The number of rotatable bonds is 6. The number of nitrogens with zero attached hydrogens (tertiary/aromatic N) is 2. The van der Waals surface area contributed by atoms with Gasteiger partial charge in [-0.1, -0.05) is 24.3 Å². The molecule has 0 aliphatic carbocycles. The summed E-state index contributed by atoms with van der Waals surface area (Å²) in [6, 6.07) is 11.5. The van der Waals surface area contributed by atoms with Crippen LogP contribution in [0, 0.1) is 0 Å². The van der Waals surface area contributed by atoms with E-state index in [2.05, 4.69) is 27.8 Å². The van der Waals surface area contributed by atoms with Gasteiger partial charge in [-0.3, -0.25) is 14.6 Å². The first-order valence-electron chi connectivity index (χ1n) is 11.1. The smallest absolute Gasteiger partial charge is 0.252 e. The number of benzene rings is 1. The highest BCUT2D eigenvalue weighted by atomic mass is 16.3. The predicted octanol–water partition coefficient (Wildman–Crippen LogP) is 1.44. The number of carbonyl (C=O) groups excluding carboxylic acids is 2. The zero-order chi connectivity index (χ0) is 21.6.